The van der Waals surface area contributed by atoms with E-state index in [4.69, 9.17) is 14.2 Å². The fourth-order valence-electron chi connectivity index (χ4n) is 6.09. The number of hydrogen-bond donors (Lipinski definition) is 9. The molecule has 4 aromatic carbocycles. The van der Waals surface area contributed by atoms with Crippen molar-refractivity contribution in [1.29, 1.82) is 0 Å². The molecule has 3 unspecified atom stereocenters. The van der Waals surface area contributed by atoms with Gasteiger partial charge in [-0.3, -0.25) is 0 Å². The van der Waals surface area contributed by atoms with E-state index in [1.807, 2.05) is 0 Å². The van der Waals surface area contributed by atoms with E-state index in [-0.39, 0.29) is 63.2 Å². The van der Waals surface area contributed by atoms with Gasteiger partial charge in [0.05, 0.1) is 12.0 Å². The Bertz CT molecular complexity index is 1790. The van der Waals surface area contributed by atoms with Crippen molar-refractivity contribution < 1.29 is 60.2 Å². The fraction of sp³-hybridized carbons (Fsp3) is 0.200. The van der Waals surface area contributed by atoms with Crippen LogP contribution in [0.2, 0.25) is 0 Å². The van der Waals surface area contributed by atoms with Crippen molar-refractivity contribution in [2.24, 2.45) is 0 Å². The molecule has 0 radical (unpaired) electrons. The molecule has 3 heterocycles. The molecular formula is C30H24O12. The maximum Gasteiger partial charge on any atom is 0.305 e. The Hall–Kier alpha value is -5.20. The minimum Gasteiger partial charge on any atom is -0.508 e. The summed E-state index contributed by atoms with van der Waals surface area (Å²) in [6, 6.07) is 11.1. The van der Waals surface area contributed by atoms with Crippen molar-refractivity contribution >= 4 is 0 Å². The SMILES string of the molecule is Oc1cc(O)c2c(c1)O[C@]1(c3ccc(O)c(O)c3)Oc3cc(O)c4c(c3[C@H]2C1O)OC(c1ccc(O)c(O)c1)C(O)C4. The van der Waals surface area contributed by atoms with Gasteiger partial charge in [-0.15, -0.1) is 0 Å². The van der Waals surface area contributed by atoms with Gasteiger partial charge in [-0.1, -0.05) is 6.07 Å². The number of aliphatic hydroxyl groups is 2. The molecule has 3 aliphatic rings. The largest absolute Gasteiger partial charge is 0.508 e. The standard InChI is InChI=1S/C30H24O12/c31-13-7-20(37)24-22(8-13)41-30(12-2-4-16(33)19(36)6-12)29(39)26(24)25-23(42-30)10-17(34)14-9-21(38)27(40-28(14)25)11-1-3-15(32)18(35)5-11/h1-8,10,21,26-27,29,31-39H,9H2/t21?,26-,27?,29?,30+/m0/s1. The highest BCUT2D eigenvalue weighted by molar-refractivity contribution is 5.68. The van der Waals surface area contributed by atoms with Gasteiger partial charge >= 0.3 is 5.79 Å². The Labute approximate surface area is 236 Å². The molecule has 12 nitrogen and oxygen atoms in total. The summed E-state index contributed by atoms with van der Waals surface area (Å²) in [5, 5.41) is 95.1. The summed E-state index contributed by atoms with van der Waals surface area (Å²) in [5.74, 6) is -6.11. The van der Waals surface area contributed by atoms with Gasteiger partial charge < -0.3 is 60.2 Å². The Morgan fingerprint density at radius 1 is 0.643 bits per heavy atom. The molecular weight excluding hydrogens is 552 g/mol. The monoisotopic (exact) mass is 576 g/mol. The first-order valence-corrected chi connectivity index (χ1v) is 12.9. The molecule has 0 fully saturated rings. The van der Waals surface area contributed by atoms with Crippen molar-refractivity contribution in [3.8, 4) is 57.5 Å². The van der Waals surface area contributed by atoms with Gasteiger partial charge in [0.25, 0.3) is 0 Å². The Morgan fingerprint density at radius 3 is 2.00 bits per heavy atom. The quantitative estimate of drug-likeness (QED) is 0.158. The van der Waals surface area contributed by atoms with Crippen LogP contribution in [-0.2, 0) is 12.2 Å². The average Bonchev–Trinajstić information content (AvgIpc) is 2.92. The molecule has 0 aromatic heterocycles. The number of phenols is 7. The summed E-state index contributed by atoms with van der Waals surface area (Å²) >= 11 is 0. The molecule has 12 heteroatoms. The Morgan fingerprint density at radius 2 is 1.31 bits per heavy atom. The number of rotatable bonds is 2. The average molecular weight is 577 g/mol. The predicted molar refractivity (Wildman–Crippen MR) is 141 cm³/mol. The molecule has 42 heavy (non-hydrogen) atoms. The van der Waals surface area contributed by atoms with E-state index in [2.05, 4.69) is 0 Å². The van der Waals surface area contributed by atoms with Crippen LogP contribution in [0.15, 0.2) is 54.6 Å². The van der Waals surface area contributed by atoms with Crippen molar-refractivity contribution in [2.75, 3.05) is 0 Å². The van der Waals surface area contributed by atoms with E-state index in [0.29, 0.717) is 5.56 Å². The Balaban J connectivity index is 1.47. The number of phenolic OH excluding ortho intramolecular Hbond substituents is 7. The van der Waals surface area contributed by atoms with E-state index in [1.165, 1.54) is 42.5 Å². The molecule has 9 N–H and O–H groups in total. The molecule has 4 aromatic rings. The van der Waals surface area contributed by atoms with Crippen LogP contribution in [-0.4, -0.2) is 58.2 Å². The highest BCUT2D eigenvalue weighted by Crippen LogP contribution is 2.62. The van der Waals surface area contributed by atoms with E-state index in [9.17, 15) is 46.0 Å². The van der Waals surface area contributed by atoms with E-state index >= 15 is 0 Å². The molecule has 7 rings (SSSR count). The highest BCUT2D eigenvalue weighted by Gasteiger charge is 2.60. The van der Waals surface area contributed by atoms with Crippen LogP contribution in [0.4, 0.5) is 0 Å². The number of fused-ring (bicyclic) bond motifs is 8. The van der Waals surface area contributed by atoms with Gasteiger partial charge in [0, 0.05) is 46.9 Å². The van der Waals surface area contributed by atoms with Crippen LogP contribution in [0.5, 0.6) is 57.5 Å². The lowest BCUT2D eigenvalue weighted by molar-refractivity contribution is -0.219. The minimum absolute atomic E-state index is 0.0177. The second-order valence-corrected chi connectivity index (χ2v) is 10.5. The molecule has 0 amide bonds. The summed E-state index contributed by atoms with van der Waals surface area (Å²) < 4.78 is 18.6. The molecule has 2 bridgehead atoms. The lowest BCUT2D eigenvalue weighted by Crippen LogP contribution is -2.57. The topological polar surface area (TPSA) is 210 Å². The summed E-state index contributed by atoms with van der Waals surface area (Å²) in [4.78, 5) is 0. The van der Waals surface area contributed by atoms with Gasteiger partial charge in [-0.25, -0.2) is 0 Å². The van der Waals surface area contributed by atoms with Crippen LogP contribution < -0.4 is 14.2 Å². The molecule has 0 saturated carbocycles. The van der Waals surface area contributed by atoms with Gasteiger partial charge in [0.15, 0.2) is 23.0 Å². The zero-order valence-electron chi connectivity index (χ0n) is 21.5. The maximum atomic E-state index is 11.9. The lowest BCUT2D eigenvalue weighted by Gasteiger charge is -2.50. The van der Waals surface area contributed by atoms with Crippen molar-refractivity contribution in [2.45, 2.75) is 36.4 Å². The first-order valence-electron chi connectivity index (χ1n) is 12.9. The van der Waals surface area contributed by atoms with Crippen LogP contribution in [0, 0.1) is 0 Å². The van der Waals surface area contributed by atoms with E-state index in [1.54, 1.807) is 0 Å². The van der Waals surface area contributed by atoms with Crippen molar-refractivity contribution in [3.63, 3.8) is 0 Å². The zero-order valence-corrected chi connectivity index (χ0v) is 21.5. The van der Waals surface area contributed by atoms with Gasteiger partial charge in [0.1, 0.15) is 46.7 Å². The van der Waals surface area contributed by atoms with Gasteiger partial charge in [-0.2, -0.15) is 0 Å². The van der Waals surface area contributed by atoms with Crippen molar-refractivity contribution in [1.82, 2.24) is 0 Å². The van der Waals surface area contributed by atoms with Gasteiger partial charge in [-0.05, 0) is 35.9 Å². The fourth-order valence-corrected chi connectivity index (χ4v) is 6.09. The summed E-state index contributed by atoms with van der Waals surface area (Å²) in [5.41, 5.74) is 0.842. The molecule has 5 atom stereocenters. The number of hydrogen-bond acceptors (Lipinski definition) is 12. The van der Waals surface area contributed by atoms with Crippen molar-refractivity contribution in [3.05, 3.63) is 82.4 Å². The predicted octanol–water partition coefficient (Wildman–Crippen LogP) is 2.79. The molecule has 0 spiro atoms. The second kappa shape index (κ2) is 8.65. The highest BCUT2D eigenvalue weighted by atomic mass is 16.7. The number of aliphatic hydroxyl groups excluding tert-OH is 2. The summed E-state index contributed by atoms with van der Waals surface area (Å²) in [6.45, 7) is 0. The zero-order chi connectivity index (χ0) is 29.7. The number of benzene rings is 4. The molecule has 0 aliphatic carbocycles. The van der Waals surface area contributed by atoms with Crippen LogP contribution >= 0.6 is 0 Å². The summed E-state index contributed by atoms with van der Waals surface area (Å²) in [6.07, 6.45) is -4.00. The smallest absolute Gasteiger partial charge is 0.305 e. The second-order valence-electron chi connectivity index (χ2n) is 10.5. The van der Waals surface area contributed by atoms with Crippen LogP contribution in [0.3, 0.4) is 0 Å². The third-order valence-corrected chi connectivity index (χ3v) is 8.03. The first-order chi connectivity index (χ1) is 20.0. The summed E-state index contributed by atoms with van der Waals surface area (Å²) in [7, 11) is 0. The number of ether oxygens (including phenoxy) is 3. The van der Waals surface area contributed by atoms with E-state index in [0.717, 1.165) is 12.1 Å². The van der Waals surface area contributed by atoms with E-state index < -0.39 is 53.0 Å². The first kappa shape index (κ1) is 25.7. The Kier molecular flexibility index (Phi) is 5.30. The molecule has 216 valence electrons. The minimum atomic E-state index is -2.09. The lowest BCUT2D eigenvalue weighted by atomic mass is 9.74. The van der Waals surface area contributed by atoms with Crippen LogP contribution in [0.1, 0.15) is 39.8 Å². The maximum absolute atomic E-state index is 11.9. The van der Waals surface area contributed by atoms with Gasteiger partial charge in [0.2, 0.25) is 0 Å². The number of aromatic hydroxyl groups is 7. The third kappa shape index (κ3) is 3.49. The third-order valence-electron chi connectivity index (χ3n) is 8.03. The normalized spacial score (nSPS) is 25.2. The molecule has 0 saturated heterocycles. The molecule has 3 aliphatic heterocycles. The van der Waals surface area contributed by atoms with Crippen LogP contribution in [0.25, 0.3) is 0 Å².